The van der Waals surface area contributed by atoms with E-state index in [4.69, 9.17) is 4.74 Å². The van der Waals surface area contributed by atoms with Crippen molar-refractivity contribution in [3.8, 4) is 5.75 Å². The first-order valence-corrected chi connectivity index (χ1v) is 8.71. The quantitative estimate of drug-likeness (QED) is 0.720. The van der Waals surface area contributed by atoms with Crippen molar-refractivity contribution in [1.29, 1.82) is 0 Å². The van der Waals surface area contributed by atoms with Gasteiger partial charge >= 0.3 is 0 Å². The highest BCUT2D eigenvalue weighted by Crippen LogP contribution is 2.19. The average molecular weight is 351 g/mol. The first-order chi connectivity index (χ1) is 11.3. The van der Waals surface area contributed by atoms with Gasteiger partial charge in [-0.1, -0.05) is 12.1 Å². The molecular weight excluding hydrogens is 333 g/mol. The molecule has 0 atom stereocenters. The number of carbonyl (C=O) groups excluding carboxylic acids is 1. The fourth-order valence-corrected chi connectivity index (χ4v) is 3.23. The number of hydrogen-bond acceptors (Lipinski definition) is 4. The standard InChI is InChI=1S/C17H18FNO4S/c1-13(20)16-5-3-4-6-17(16)23-12-11-19(2)24(21,22)15-9-7-14(18)8-10-15/h3-10H,11-12H2,1-2H3. The van der Waals surface area contributed by atoms with Gasteiger partial charge in [-0.25, -0.2) is 12.8 Å². The first-order valence-electron chi connectivity index (χ1n) is 7.27. The molecule has 0 heterocycles. The van der Waals surface area contributed by atoms with E-state index in [0.29, 0.717) is 11.3 Å². The fraction of sp³-hybridized carbons (Fsp3) is 0.235. The molecule has 0 saturated carbocycles. The summed E-state index contributed by atoms with van der Waals surface area (Å²) in [5, 5.41) is 0. The molecule has 0 unspecified atom stereocenters. The van der Waals surface area contributed by atoms with Crippen molar-refractivity contribution in [2.24, 2.45) is 0 Å². The normalized spacial score (nSPS) is 11.5. The summed E-state index contributed by atoms with van der Waals surface area (Å²) in [6.07, 6.45) is 0. The van der Waals surface area contributed by atoms with Gasteiger partial charge in [0.25, 0.3) is 0 Å². The molecule has 0 radical (unpaired) electrons. The molecule has 5 nitrogen and oxygen atoms in total. The van der Waals surface area contributed by atoms with Crippen LogP contribution in [0.2, 0.25) is 0 Å². The van der Waals surface area contributed by atoms with Gasteiger partial charge in [0, 0.05) is 13.6 Å². The first kappa shape index (κ1) is 18.1. The number of ether oxygens (including phenoxy) is 1. The summed E-state index contributed by atoms with van der Waals surface area (Å²) >= 11 is 0. The third-order valence-corrected chi connectivity index (χ3v) is 5.32. The van der Waals surface area contributed by atoms with Gasteiger partial charge in [0.15, 0.2) is 5.78 Å². The zero-order chi connectivity index (χ0) is 17.7. The summed E-state index contributed by atoms with van der Waals surface area (Å²) in [6, 6.07) is 11.4. The van der Waals surface area contributed by atoms with Crippen LogP contribution in [-0.2, 0) is 10.0 Å². The highest BCUT2D eigenvalue weighted by molar-refractivity contribution is 7.89. The van der Waals surface area contributed by atoms with Gasteiger partial charge in [0.1, 0.15) is 18.2 Å². The summed E-state index contributed by atoms with van der Waals surface area (Å²) in [7, 11) is -2.30. The number of rotatable bonds is 7. The summed E-state index contributed by atoms with van der Waals surface area (Å²) in [5.74, 6) is -0.212. The van der Waals surface area contributed by atoms with Crippen molar-refractivity contribution in [1.82, 2.24) is 4.31 Å². The van der Waals surface area contributed by atoms with Gasteiger partial charge in [-0.15, -0.1) is 0 Å². The maximum atomic E-state index is 12.9. The molecule has 2 aromatic carbocycles. The van der Waals surface area contributed by atoms with Crippen LogP contribution in [0, 0.1) is 5.82 Å². The number of para-hydroxylation sites is 1. The maximum Gasteiger partial charge on any atom is 0.242 e. The number of likely N-dealkylation sites (N-methyl/N-ethyl adjacent to an activating group) is 1. The zero-order valence-corrected chi connectivity index (χ0v) is 14.2. The van der Waals surface area contributed by atoms with Crippen molar-refractivity contribution in [2.45, 2.75) is 11.8 Å². The second kappa shape index (κ2) is 7.55. The molecule has 128 valence electrons. The Bertz CT molecular complexity index is 819. The Morgan fingerprint density at radius 3 is 2.38 bits per heavy atom. The second-order valence-electron chi connectivity index (χ2n) is 5.18. The zero-order valence-electron chi connectivity index (χ0n) is 13.4. The van der Waals surface area contributed by atoms with Gasteiger partial charge < -0.3 is 4.74 Å². The Balaban J connectivity index is 2.02. The smallest absolute Gasteiger partial charge is 0.242 e. The van der Waals surface area contributed by atoms with Crippen LogP contribution < -0.4 is 4.74 Å². The topological polar surface area (TPSA) is 63.7 Å². The Kier molecular flexibility index (Phi) is 5.69. The molecule has 7 heteroatoms. The number of ketones is 1. The van der Waals surface area contributed by atoms with Crippen molar-refractivity contribution < 1.29 is 22.3 Å². The minimum Gasteiger partial charge on any atom is -0.491 e. The maximum absolute atomic E-state index is 12.9. The van der Waals surface area contributed by atoms with E-state index in [2.05, 4.69) is 0 Å². The van der Waals surface area contributed by atoms with Crippen molar-refractivity contribution >= 4 is 15.8 Å². The molecule has 0 aliphatic heterocycles. The lowest BCUT2D eigenvalue weighted by atomic mass is 10.1. The van der Waals surface area contributed by atoms with E-state index >= 15 is 0 Å². The Morgan fingerprint density at radius 1 is 1.12 bits per heavy atom. The number of nitrogens with zero attached hydrogens (tertiary/aromatic N) is 1. The van der Waals surface area contributed by atoms with Crippen LogP contribution in [0.1, 0.15) is 17.3 Å². The average Bonchev–Trinajstić information content (AvgIpc) is 2.55. The van der Waals surface area contributed by atoms with Crippen LogP contribution in [0.15, 0.2) is 53.4 Å². The van der Waals surface area contributed by atoms with Crippen LogP contribution in [0.5, 0.6) is 5.75 Å². The lowest BCUT2D eigenvalue weighted by molar-refractivity contribution is 0.101. The van der Waals surface area contributed by atoms with E-state index in [9.17, 15) is 17.6 Å². The predicted octanol–water partition coefficient (Wildman–Crippen LogP) is 2.73. The molecule has 24 heavy (non-hydrogen) atoms. The molecule has 0 aliphatic rings. The van der Waals surface area contributed by atoms with E-state index < -0.39 is 15.8 Å². The van der Waals surface area contributed by atoms with Crippen LogP contribution in [-0.4, -0.2) is 38.7 Å². The number of sulfonamides is 1. The van der Waals surface area contributed by atoms with Crippen LogP contribution in [0.4, 0.5) is 4.39 Å². The van der Waals surface area contributed by atoms with Gasteiger partial charge in [-0.3, -0.25) is 4.79 Å². The highest BCUT2D eigenvalue weighted by Gasteiger charge is 2.20. The number of carbonyl (C=O) groups is 1. The molecule has 0 fully saturated rings. The number of hydrogen-bond donors (Lipinski definition) is 0. The van der Waals surface area contributed by atoms with Gasteiger partial charge in [0.2, 0.25) is 10.0 Å². The van der Waals surface area contributed by atoms with Crippen molar-refractivity contribution in [3.63, 3.8) is 0 Å². The summed E-state index contributed by atoms with van der Waals surface area (Å²) < 4.78 is 44.3. The Labute approximate surface area is 140 Å². The number of Topliss-reactive ketones (excluding diaryl/α,β-unsaturated/α-hetero) is 1. The number of halogens is 1. The van der Waals surface area contributed by atoms with Gasteiger partial charge in [0.05, 0.1) is 10.5 Å². The molecule has 0 aromatic heterocycles. The third-order valence-electron chi connectivity index (χ3n) is 3.45. The molecule has 2 aromatic rings. The SMILES string of the molecule is CC(=O)c1ccccc1OCCN(C)S(=O)(=O)c1ccc(F)cc1. The van der Waals surface area contributed by atoms with E-state index in [0.717, 1.165) is 16.4 Å². The molecule has 2 rings (SSSR count). The molecular formula is C17H18FNO4S. The lowest BCUT2D eigenvalue weighted by Crippen LogP contribution is -2.31. The summed E-state index contributed by atoms with van der Waals surface area (Å²) in [5.41, 5.74) is 0.446. The Morgan fingerprint density at radius 2 is 1.75 bits per heavy atom. The van der Waals surface area contributed by atoms with E-state index in [1.54, 1.807) is 24.3 Å². The fourth-order valence-electron chi connectivity index (χ4n) is 2.07. The molecule has 0 N–H and O–H groups in total. The van der Waals surface area contributed by atoms with E-state index in [1.165, 1.54) is 26.1 Å². The molecule has 0 aliphatic carbocycles. The summed E-state index contributed by atoms with van der Waals surface area (Å²) in [4.78, 5) is 11.5. The second-order valence-corrected chi connectivity index (χ2v) is 7.23. The summed E-state index contributed by atoms with van der Waals surface area (Å²) in [6.45, 7) is 1.61. The third kappa shape index (κ3) is 4.18. The Hall–Kier alpha value is -2.25. The molecule has 0 bridgehead atoms. The lowest BCUT2D eigenvalue weighted by Gasteiger charge is -2.18. The minimum absolute atomic E-state index is 0.00976. The van der Waals surface area contributed by atoms with Crippen molar-refractivity contribution in [2.75, 3.05) is 20.2 Å². The van der Waals surface area contributed by atoms with E-state index in [1.807, 2.05) is 0 Å². The number of benzene rings is 2. The molecule has 0 saturated heterocycles. The van der Waals surface area contributed by atoms with Crippen molar-refractivity contribution in [3.05, 3.63) is 59.9 Å². The van der Waals surface area contributed by atoms with Gasteiger partial charge in [-0.05, 0) is 43.3 Å². The molecule has 0 amide bonds. The highest BCUT2D eigenvalue weighted by atomic mass is 32.2. The van der Waals surface area contributed by atoms with Crippen LogP contribution in [0.25, 0.3) is 0 Å². The van der Waals surface area contributed by atoms with Gasteiger partial charge in [-0.2, -0.15) is 4.31 Å². The monoisotopic (exact) mass is 351 g/mol. The van der Waals surface area contributed by atoms with E-state index in [-0.39, 0.29) is 23.8 Å². The largest absolute Gasteiger partial charge is 0.491 e. The predicted molar refractivity (Wildman–Crippen MR) is 88.2 cm³/mol. The minimum atomic E-state index is -3.72. The molecule has 0 spiro atoms. The van der Waals surface area contributed by atoms with Crippen LogP contribution in [0.3, 0.4) is 0 Å². The van der Waals surface area contributed by atoms with Crippen LogP contribution >= 0.6 is 0 Å².